The van der Waals surface area contributed by atoms with Crippen LogP contribution in [0, 0.1) is 11.3 Å². The average Bonchev–Trinajstić information content (AvgIpc) is 2.98. The molecule has 1 aliphatic rings. The van der Waals surface area contributed by atoms with E-state index in [-0.39, 0.29) is 32.8 Å². The zero-order chi connectivity index (χ0) is 29.8. The van der Waals surface area contributed by atoms with Crippen LogP contribution in [0.2, 0.25) is 15.1 Å². The number of halogens is 3. The Balaban J connectivity index is 1.40. The van der Waals surface area contributed by atoms with E-state index in [4.69, 9.17) is 59.5 Å². The summed E-state index contributed by atoms with van der Waals surface area (Å²) in [6.07, 6.45) is 0. The highest BCUT2D eigenvalue weighted by Crippen LogP contribution is 2.44. The maximum atomic E-state index is 12.9. The van der Waals surface area contributed by atoms with Crippen LogP contribution in [-0.2, 0) is 6.61 Å². The van der Waals surface area contributed by atoms with E-state index in [0.717, 1.165) is 11.1 Å². The molecule has 212 valence electrons. The summed E-state index contributed by atoms with van der Waals surface area (Å²) in [4.78, 5) is 12.9. The third kappa shape index (κ3) is 6.27. The molecule has 7 nitrogen and oxygen atoms in total. The number of hydrogen-bond acceptors (Lipinski definition) is 7. The van der Waals surface area contributed by atoms with Crippen molar-refractivity contribution >= 4 is 40.8 Å². The topological polar surface area (TPSA) is 104 Å². The number of carbonyl (C=O) groups is 1. The second-order valence-corrected chi connectivity index (χ2v) is 10.5. The third-order valence-corrected chi connectivity index (χ3v) is 7.25. The van der Waals surface area contributed by atoms with Crippen molar-refractivity contribution in [3.8, 4) is 29.1 Å². The molecule has 2 N–H and O–H groups in total. The van der Waals surface area contributed by atoms with Crippen molar-refractivity contribution in [2.75, 3.05) is 6.61 Å². The van der Waals surface area contributed by atoms with Crippen molar-refractivity contribution in [2.45, 2.75) is 19.4 Å². The Kier molecular flexibility index (Phi) is 8.79. The number of allylic oxidation sites excluding steroid dienone is 1. The Bertz CT molecular complexity index is 1710. The molecule has 0 fully saturated rings. The van der Waals surface area contributed by atoms with Crippen molar-refractivity contribution in [3.63, 3.8) is 0 Å². The van der Waals surface area contributed by atoms with Crippen molar-refractivity contribution in [1.82, 2.24) is 0 Å². The van der Waals surface area contributed by atoms with Gasteiger partial charge in [-0.05, 0) is 60.5 Å². The molecule has 42 heavy (non-hydrogen) atoms. The summed E-state index contributed by atoms with van der Waals surface area (Å²) in [5, 5.41) is 11.0. The van der Waals surface area contributed by atoms with Crippen LogP contribution in [0.4, 0.5) is 0 Å². The number of nitriles is 1. The lowest BCUT2D eigenvalue weighted by Gasteiger charge is -2.27. The van der Waals surface area contributed by atoms with Gasteiger partial charge in [-0.15, -0.1) is 0 Å². The molecule has 0 spiro atoms. The first-order chi connectivity index (χ1) is 20.3. The molecule has 0 aromatic heterocycles. The van der Waals surface area contributed by atoms with Crippen LogP contribution < -0.4 is 24.7 Å². The fourth-order valence-corrected chi connectivity index (χ4v) is 5.22. The molecule has 0 saturated heterocycles. The summed E-state index contributed by atoms with van der Waals surface area (Å²) in [7, 11) is 0. The molecule has 4 aromatic rings. The fourth-order valence-electron chi connectivity index (χ4n) is 4.50. The number of rotatable bonds is 8. The minimum Gasteiger partial charge on any atom is -0.491 e. The largest absolute Gasteiger partial charge is 0.491 e. The molecule has 0 bridgehead atoms. The lowest BCUT2D eigenvalue weighted by Crippen LogP contribution is -2.21. The van der Waals surface area contributed by atoms with Crippen LogP contribution in [0.1, 0.15) is 39.9 Å². The van der Waals surface area contributed by atoms with Crippen molar-refractivity contribution in [1.29, 1.82) is 5.26 Å². The maximum absolute atomic E-state index is 12.9. The lowest BCUT2D eigenvalue weighted by molar-refractivity contribution is 0.0734. The van der Waals surface area contributed by atoms with Crippen LogP contribution >= 0.6 is 34.8 Å². The van der Waals surface area contributed by atoms with Crippen LogP contribution in [0.5, 0.6) is 23.0 Å². The van der Waals surface area contributed by atoms with Crippen molar-refractivity contribution in [3.05, 3.63) is 128 Å². The van der Waals surface area contributed by atoms with E-state index in [1.165, 1.54) is 12.1 Å². The van der Waals surface area contributed by atoms with Crippen molar-refractivity contribution < 1.29 is 23.7 Å². The molecule has 0 radical (unpaired) electrons. The highest BCUT2D eigenvalue weighted by atomic mass is 35.5. The van der Waals surface area contributed by atoms with Gasteiger partial charge in [-0.1, -0.05) is 65.1 Å². The molecule has 1 atom stereocenters. The number of ether oxygens (including phenoxy) is 4. The molecular formula is C32H23Cl3N2O5. The second-order valence-electron chi connectivity index (χ2n) is 9.20. The molecule has 5 rings (SSSR count). The zero-order valence-corrected chi connectivity index (χ0v) is 24.5. The summed E-state index contributed by atoms with van der Waals surface area (Å²) >= 11 is 18.5. The standard InChI is InChI=1S/C32H23Cl3N2O5/c1-2-39-30-26(34)13-20(14-27(30)35)32(38)41-23-10-11-24-28(15-23)42-31(37)25(16-36)29(24)19-4-3-5-22(12-19)40-17-18-6-8-21(33)9-7-18/h3-15,29H,2,17,37H2,1H3. The van der Waals surface area contributed by atoms with E-state index in [2.05, 4.69) is 6.07 Å². The minimum absolute atomic E-state index is 0.0453. The normalized spacial score (nSPS) is 13.9. The number of nitrogens with two attached hydrogens (primary N) is 1. The van der Waals surface area contributed by atoms with Crippen LogP contribution in [0.25, 0.3) is 0 Å². The first-order valence-corrected chi connectivity index (χ1v) is 13.9. The van der Waals surface area contributed by atoms with Gasteiger partial charge in [0.25, 0.3) is 0 Å². The predicted molar refractivity (Wildman–Crippen MR) is 161 cm³/mol. The SMILES string of the molecule is CCOc1c(Cl)cc(C(=O)Oc2ccc3c(c2)OC(N)=C(C#N)C3c2cccc(OCc3ccc(Cl)cc3)c2)cc1Cl. The third-order valence-electron chi connectivity index (χ3n) is 6.43. The van der Waals surface area contributed by atoms with Crippen LogP contribution in [0.15, 0.2) is 90.3 Å². The van der Waals surface area contributed by atoms with E-state index >= 15 is 0 Å². The maximum Gasteiger partial charge on any atom is 0.343 e. The van der Waals surface area contributed by atoms with Crippen molar-refractivity contribution in [2.24, 2.45) is 5.73 Å². The van der Waals surface area contributed by atoms with E-state index in [1.807, 2.05) is 36.4 Å². The first-order valence-electron chi connectivity index (χ1n) is 12.8. The smallest absolute Gasteiger partial charge is 0.343 e. The monoisotopic (exact) mass is 620 g/mol. The zero-order valence-electron chi connectivity index (χ0n) is 22.2. The number of carbonyl (C=O) groups excluding carboxylic acids is 1. The van der Waals surface area contributed by atoms with Gasteiger partial charge in [0.1, 0.15) is 35.5 Å². The number of fused-ring (bicyclic) bond motifs is 1. The number of benzene rings is 4. The highest BCUT2D eigenvalue weighted by molar-refractivity contribution is 6.37. The summed E-state index contributed by atoms with van der Waals surface area (Å²) in [6, 6.07) is 24.7. The molecule has 1 aliphatic heterocycles. The van der Waals surface area contributed by atoms with Gasteiger partial charge < -0.3 is 24.7 Å². The molecule has 0 saturated carbocycles. The number of hydrogen-bond donors (Lipinski definition) is 1. The predicted octanol–water partition coefficient (Wildman–Crippen LogP) is 8.06. The summed E-state index contributed by atoms with van der Waals surface area (Å²) in [6.45, 7) is 2.51. The Morgan fingerprint density at radius 2 is 1.69 bits per heavy atom. The summed E-state index contributed by atoms with van der Waals surface area (Å²) < 4.78 is 22.8. The van der Waals surface area contributed by atoms with Gasteiger partial charge in [0, 0.05) is 16.7 Å². The number of nitrogens with zero attached hydrogens (tertiary/aromatic N) is 1. The highest BCUT2D eigenvalue weighted by Gasteiger charge is 2.31. The fraction of sp³-hybridized carbons (Fsp3) is 0.125. The number of esters is 1. The van der Waals surface area contributed by atoms with Gasteiger partial charge in [0.15, 0.2) is 5.75 Å². The van der Waals surface area contributed by atoms with E-state index in [9.17, 15) is 10.1 Å². The lowest BCUT2D eigenvalue weighted by atomic mass is 9.83. The van der Waals surface area contributed by atoms with E-state index < -0.39 is 11.9 Å². The van der Waals surface area contributed by atoms with Gasteiger partial charge in [0.2, 0.25) is 5.88 Å². The quantitative estimate of drug-likeness (QED) is 0.157. The van der Waals surface area contributed by atoms with Crippen LogP contribution in [0.3, 0.4) is 0 Å². The van der Waals surface area contributed by atoms with Gasteiger partial charge in [-0.25, -0.2) is 4.79 Å². The molecule has 1 unspecified atom stereocenters. The summed E-state index contributed by atoms with van der Waals surface area (Å²) in [5.41, 5.74) is 8.97. The minimum atomic E-state index is -0.680. The van der Waals surface area contributed by atoms with Gasteiger partial charge in [-0.3, -0.25) is 0 Å². The first kappa shape index (κ1) is 29.2. The van der Waals surface area contributed by atoms with Gasteiger partial charge in [-0.2, -0.15) is 5.26 Å². The Morgan fingerprint density at radius 1 is 0.952 bits per heavy atom. The molecule has 4 aromatic carbocycles. The molecule has 10 heteroatoms. The van der Waals surface area contributed by atoms with Gasteiger partial charge in [0.05, 0.1) is 28.1 Å². The van der Waals surface area contributed by atoms with E-state index in [0.29, 0.717) is 41.0 Å². The second kappa shape index (κ2) is 12.7. The molecule has 1 heterocycles. The molecule has 0 aliphatic carbocycles. The Labute approximate surface area is 257 Å². The van der Waals surface area contributed by atoms with Gasteiger partial charge >= 0.3 is 5.97 Å². The van der Waals surface area contributed by atoms with E-state index in [1.54, 1.807) is 37.3 Å². The Hall–Kier alpha value is -4.35. The van der Waals surface area contributed by atoms with Crippen LogP contribution in [-0.4, -0.2) is 12.6 Å². The molecular weight excluding hydrogens is 599 g/mol. The Morgan fingerprint density at radius 3 is 2.38 bits per heavy atom. The molecule has 0 amide bonds. The average molecular weight is 622 g/mol. The summed E-state index contributed by atoms with van der Waals surface area (Å²) in [5.74, 6) is 0.192.